The Hall–Kier alpha value is -2.54. The van der Waals surface area contributed by atoms with Gasteiger partial charge in [0.1, 0.15) is 0 Å². The summed E-state index contributed by atoms with van der Waals surface area (Å²) in [5.74, 6) is 2.23. The largest absolute Gasteiger partial charge is 0.461 e. The SMILES string of the molecule is C[C@H](NC(=O)CSc1nnc(-c2ccco2)n1-c1ccccc1)C1CC1. The van der Waals surface area contributed by atoms with Crippen molar-refractivity contribution in [1.82, 2.24) is 20.1 Å². The standard InChI is InChI=1S/C19H20N4O2S/c1-13(14-9-10-14)20-17(24)12-26-19-22-21-18(16-8-5-11-25-16)23(19)15-6-3-2-4-7-15/h2-8,11,13-14H,9-10,12H2,1H3,(H,20,24)/t13-/m0/s1. The maximum Gasteiger partial charge on any atom is 0.230 e. The molecule has 0 bridgehead atoms. The highest BCUT2D eigenvalue weighted by Crippen LogP contribution is 2.32. The molecular formula is C19H20N4O2S. The number of carbonyl (C=O) groups excluding carboxylic acids is 1. The number of benzene rings is 1. The van der Waals surface area contributed by atoms with Gasteiger partial charge >= 0.3 is 0 Å². The molecule has 0 radical (unpaired) electrons. The van der Waals surface area contributed by atoms with Crippen LogP contribution in [0.3, 0.4) is 0 Å². The summed E-state index contributed by atoms with van der Waals surface area (Å²) in [5, 5.41) is 12.3. The van der Waals surface area contributed by atoms with E-state index < -0.39 is 0 Å². The minimum Gasteiger partial charge on any atom is -0.461 e. The van der Waals surface area contributed by atoms with E-state index in [2.05, 4.69) is 22.4 Å². The van der Waals surface area contributed by atoms with Gasteiger partial charge < -0.3 is 9.73 Å². The zero-order chi connectivity index (χ0) is 17.9. The molecule has 6 nitrogen and oxygen atoms in total. The van der Waals surface area contributed by atoms with Gasteiger partial charge in [0.25, 0.3) is 0 Å². The number of aromatic nitrogens is 3. The monoisotopic (exact) mass is 368 g/mol. The highest BCUT2D eigenvalue weighted by atomic mass is 32.2. The van der Waals surface area contributed by atoms with Crippen LogP contribution < -0.4 is 5.32 Å². The van der Waals surface area contributed by atoms with Crippen LogP contribution >= 0.6 is 11.8 Å². The van der Waals surface area contributed by atoms with Crippen LogP contribution in [0.5, 0.6) is 0 Å². The second-order valence-corrected chi connectivity index (χ2v) is 7.38. The van der Waals surface area contributed by atoms with Crippen LogP contribution in [0.1, 0.15) is 19.8 Å². The molecule has 4 rings (SSSR count). The number of thioether (sulfide) groups is 1. The summed E-state index contributed by atoms with van der Waals surface area (Å²) in [4.78, 5) is 12.2. The molecule has 2 heterocycles. The number of nitrogens with zero attached hydrogens (tertiary/aromatic N) is 3. The number of rotatable bonds is 7. The highest BCUT2D eigenvalue weighted by molar-refractivity contribution is 7.99. The summed E-state index contributed by atoms with van der Waals surface area (Å²) in [6.07, 6.45) is 4.03. The molecule has 0 spiro atoms. The first-order chi connectivity index (χ1) is 12.7. The molecule has 1 atom stereocenters. The molecule has 3 aromatic rings. The van der Waals surface area contributed by atoms with Crippen molar-refractivity contribution in [2.24, 2.45) is 5.92 Å². The molecule has 1 saturated carbocycles. The second kappa shape index (κ2) is 7.37. The molecule has 1 N–H and O–H groups in total. The van der Waals surface area contributed by atoms with Crippen molar-refractivity contribution < 1.29 is 9.21 Å². The van der Waals surface area contributed by atoms with Gasteiger partial charge in [-0.05, 0) is 49.9 Å². The van der Waals surface area contributed by atoms with Gasteiger partial charge in [-0.25, -0.2) is 0 Å². The number of hydrogen-bond acceptors (Lipinski definition) is 5. The summed E-state index contributed by atoms with van der Waals surface area (Å²) in [5.41, 5.74) is 0.929. The number of amides is 1. The van der Waals surface area contributed by atoms with Gasteiger partial charge in [0.05, 0.1) is 12.0 Å². The summed E-state index contributed by atoms with van der Waals surface area (Å²) in [6.45, 7) is 2.07. The van der Waals surface area contributed by atoms with E-state index in [9.17, 15) is 4.79 Å². The Labute approximate surface area is 156 Å². The third-order valence-electron chi connectivity index (χ3n) is 4.44. The van der Waals surface area contributed by atoms with Gasteiger partial charge in [0.15, 0.2) is 10.9 Å². The molecule has 1 aromatic carbocycles. The Balaban J connectivity index is 1.55. The summed E-state index contributed by atoms with van der Waals surface area (Å²) < 4.78 is 7.41. The Bertz CT molecular complexity index is 872. The van der Waals surface area contributed by atoms with Gasteiger partial charge in [-0.15, -0.1) is 10.2 Å². The molecule has 1 fully saturated rings. The van der Waals surface area contributed by atoms with Crippen molar-refractivity contribution in [3.05, 3.63) is 48.7 Å². The molecule has 2 aromatic heterocycles. The van der Waals surface area contributed by atoms with E-state index in [-0.39, 0.29) is 11.9 Å². The van der Waals surface area contributed by atoms with E-state index in [1.165, 1.54) is 24.6 Å². The van der Waals surface area contributed by atoms with Gasteiger partial charge in [-0.2, -0.15) is 0 Å². The van der Waals surface area contributed by atoms with Crippen LogP contribution in [0.25, 0.3) is 17.3 Å². The Kier molecular flexibility index (Phi) is 4.79. The predicted octanol–water partition coefficient (Wildman–Crippen LogP) is 3.53. The maximum absolute atomic E-state index is 12.2. The molecule has 0 aliphatic heterocycles. The number of hydrogen-bond donors (Lipinski definition) is 1. The van der Waals surface area contributed by atoms with Crippen LogP contribution in [0.15, 0.2) is 58.3 Å². The van der Waals surface area contributed by atoms with E-state index in [0.29, 0.717) is 28.4 Å². The van der Waals surface area contributed by atoms with E-state index in [1.54, 1.807) is 6.26 Å². The first-order valence-corrected chi connectivity index (χ1v) is 9.68. The zero-order valence-electron chi connectivity index (χ0n) is 14.5. The Morgan fingerprint density at radius 1 is 1.27 bits per heavy atom. The normalized spacial score (nSPS) is 15.0. The van der Waals surface area contributed by atoms with Gasteiger partial charge in [-0.1, -0.05) is 30.0 Å². The fourth-order valence-electron chi connectivity index (χ4n) is 2.88. The van der Waals surface area contributed by atoms with Crippen LogP contribution in [0.4, 0.5) is 0 Å². The van der Waals surface area contributed by atoms with Gasteiger partial charge in [-0.3, -0.25) is 9.36 Å². The average molecular weight is 368 g/mol. The number of carbonyl (C=O) groups is 1. The van der Waals surface area contributed by atoms with Crippen molar-refractivity contribution in [3.8, 4) is 17.3 Å². The fourth-order valence-corrected chi connectivity index (χ4v) is 3.64. The van der Waals surface area contributed by atoms with E-state index >= 15 is 0 Å². The van der Waals surface area contributed by atoms with Crippen molar-refractivity contribution >= 4 is 17.7 Å². The quantitative estimate of drug-likeness (QED) is 0.646. The average Bonchev–Trinajstić information content (AvgIpc) is 3.21. The lowest BCUT2D eigenvalue weighted by atomic mass is 10.2. The molecule has 1 aliphatic rings. The lowest BCUT2D eigenvalue weighted by Gasteiger charge is -2.13. The smallest absolute Gasteiger partial charge is 0.230 e. The van der Waals surface area contributed by atoms with Crippen molar-refractivity contribution in [2.75, 3.05) is 5.75 Å². The zero-order valence-corrected chi connectivity index (χ0v) is 15.3. The van der Waals surface area contributed by atoms with Crippen molar-refractivity contribution in [3.63, 3.8) is 0 Å². The van der Waals surface area contributed by atoms with Crippen LogP contribution in [-0.4, -0.2) is 32.5 Å². The molecular weight excluding hydrogens is 348 g/mol. The lowest BCUT2D eigenvalue weighted by molar-refractivity contribution is -0.119. The Morgan fingerprint density at radius 3 is 2.77 bits per heavy atom. The second-order valence-electron chi connectivity index (χ2n) is 6.44. The van der Waals surface area contributed by atoms with Crippen LogP contribution in [0, 0.1) is 5.92 Å². The molecule has 0 unspecified atom stereocenters. The number of para-hydroxylation sites is 1. The molecule has 134 valence electrons. The fraction of sp³-hybridized carbons (Fsp3) is 0.316. The predicted molar refractivity (Wildman–Crippen MR) is 100 cm³/mol. The number of furan rings is 1. The topological polar surface area (TPSA) is 73.0 Å². The molecule has 1 aliphatic carbocycles. The third-order valence-corrected chi connectivity index (χ3v) is 5.37. The minimum atomic E-state index is 0.0246. The first kappa shape index (κ1) is 16.9. The summed E-state index contributed by atoms with van der Waals surface area (Å²) in [6, 6.07) is 13.7. The molecule has 0 saturated heterocycles. The van der Waals surface area contributed by atoms with Crippen LogP contribution in [0.2, 0.25) is 0 Å². The van der Waals surface area contributed by atoms with E-state index in [1.807, 2.05) is 47.0 Å². The third kappa shape index (κ3) is 3.67. The minimum absolute atomic E-state index is 0.0246. The number of nitrogens with one attached hydrogen (secondary N) is 1. The summed E-state index contributed by atoms with van der Waals surface area (Å²) in [7, 11) is 0. The van der Waals surface area contributed by atoms with E-state index in [0.717, 1.165) is 5.69 Å². The van der Waals surface area contributed by atoms with Crippen LogP contribution in [-0.2, 0) is 4.79 Å². The van der Waals surface area contributed by atoms with Gasteiger partial charge in [0, 0.05) is 11.7 Å². The maximum atomic E-state index is 12.2. The molecule has 7 heteroatoms. The van der Waals surface area contributed by atoms with Crippen molar-refractivity contribution in [2.45, 2.75) is 31.0 Å². The summed E-state index contributed by atoms with van der Waals surface area (Å²) >= 11 is 1.38. The van der Waals surface area contributed by atoms with E-state index in [4.69, 9.17) is 4.42 Å². The molecule has 1 amide bonds. The van der Waals surface area contributed by atoms with Gasteiger partial charge in [0.2, 0.25) is 11.7 Å². The molecule has 26 heavy (non-hydrogen) atoms. The lowest BCUT2D eigenvalue weighted by Crippen LogP contribution is -2.35. The van der Waals surface area contributed by atoms with Crippen molar-refractivity contribution in [1.29, 1.82) is 0 Å². The Morgan fingerprint density at radius 2 is 2.08 bits per heavy atom. The first-order valence-electron chi connectivity index (χ1n) is 8.69. The highest BCUT2D eigenvalue weighted by Gasteiger charge is 2.29.